The van der Waals surface area contributed by atoms with Gasteiger partial charge in [0.1, 0.15) is 5.82 Å². The molecule has 2 aromatic rings. The second-order valence-electron chi connectivity index (χ2n) is 8.02. The van der Waals surface area contributed by atoms with Gasteiger partial charge in [0.15, 0.2) is 0 Å². The summed E-state index contributed by atoms with van der Waals surface area (Å²) in [5.74, 6) is -1.85. The summed E-state index contributed by atoms with van der Waals surface area (Å²) in [5, 5.41) is 2.70. The molecule has 1 unspecified atom stereocenters. The summed E-state index contributed by atoms with van der Waals surface area (Å²) in [6.45, 7) is 1.13. The molecule has 9 heteroatoms. The van der Waals surface area contributed by atoms with Gasteiger partial charge in [-0.3, -0.25) is 9.59 Å². The van der Waals surface area contributed by atoms with Crippen molar-refractivity contribution in [1.29, 1.82) is 0 Å². The highest BCUT2D eigenvalue weighted by Crippen LogP contribution is 2.21. The number of nitrogens with one attached hydrogen (secondary N) is 1. The van der Waals surface area contributed by atoms with Crippen molar-refractivity contribution in [3.63, 3.8) is 0 Å². The molecule has 1 fully saturated rings. The number of piperidine rings is 1. The van der Waals surface area contributed by atoms with Crippen LogP contribution >= 0.6 is 0 Å². The molecule has 0 aliphatic carbocycles. The van der Waals surface area contributed by atoms with E-state index >= 15 is 0 Å². The van der Waals surface area contributed by atoms with Gasteiger partial charge in [-0.15, -0.1) is 0 Å². The zero-order valence-corrected chi connectivity index (χ0v) is 18.6. The lowest BCUT2D eigenvalue weighted by molar-refractivity contribution is -0.123. The number of hydrogen-bond acceptors (Lipinski definition) is 4. The van der Waals surface area contributed by atoms with Gasteiger partial charge < -0.3 is 11.1 Å². The molecule has 1 saturated heterocycles. The van der Waals surface area contributed by atoms with E-state index in [1.54, 1.807) is 24.3 Å². The predicted molar refractivity (Wildman–Crippen MR) is 119 cm³/mol. The Labute approximate surface area is 187 Å². The van der Waals surface area contributed by atoms with Gasteiger partial charge in [-0.2, -0.15) is 4.31 Å². The first-order valence-electron chi connectivity index (χ1n) is 10.7. The fourth-order valence-electron chi connectivity index (χ4n) is 3.70. The van der Waals surface area contributed by atoms with Crippen LogP contribution in [0.4, 0.5) is 4.39 Å². The number of hydrogen-bond donors (Lipinski definition) is 2. The van der Waals surface area contributed by atoms with E-state index < -0.39 is 21.8 Å². The lowest BCUT2D eigenvalue weighted by Gasteiger charge is -2.25. The Bertz CT molecular complexity index is 1030. The third-order valence-electron chi connectivity index (χ3n) is 5.58. The summed E-state index contributed by atoms with van der Waals surface area (Å²) in [6.07, 6.45) is 3.11. The van der Waals surface area contributed by atoms with Crippen LogP contribution in [0.1, 0.15) is 30.4 Å². The Morgan fingerprint density at radius 3 is 2.16 bits per heavy atom. The largest absolute Gasteiger partial charge is 0.369 e. The first-order valence-corrected chi connectivity index (χ1v) is 12.1. The number of nitrogens with zero attached hydrogens (tertiary/aromatic N) is 1. The number of carbonyl (C=O) groups excluding carboxylic acids is 2. The SMILES string of the molecule is NC(=O)C(CNC(=O)Cc1ccc(S(=O)(=O)N2CCCCC2)cc1)Cc1ccc(F)cc1. The second-order valence-corrected chi connectivity index (χ2v) is 9.96. The number of amides is 2. The van der Waals surface area contributed by atoms with Crippen LogP contribution in [0.25, 0.3) is 0 Å². The van der Waals surface area contributed by atoms with Crippen molar-refractivity contribution in [2.45, 2.75) is 37.0 Å². The average molecular weight is 462 g/mol. The maximum atomic E-state index is 13.0. The summed E-state index contributed by atoms with van der Waals surface area (Å²) < 4.78 is 40.0. The normalized spacial score (nSPS) is 15.8. The van der Waals surface area contributed by atoms with Crippen LogP contribution in [0.5, 0.6) is 0 Å². The maximum absolute atomic E-state index is 13.0. The first-order chi connectivity index (χ1) is 15.3. The Morgan fingerprint density at radius 2 is 1.56 bits per heavy atom. The Morgan fingerprint density at radius 1 is 0.969 bits per heavy atom. The number of carbonyl (C=O) groups is 2. The van der Waals surface area contributed by atoms with Crippen LogP contribution in [0, 0.1) is 11.7 Å². The molecule has 0 spiro atoms. The van der Waals surface area contributed by atoms with Crippen LogP contribution in [0.2, 0.25) is 0 Å². The number of nitrogens with two attached hydrogens (primary N) is 1. The zero-order chi connectivity index (χ0) is 23.1. The van der Waals surface area contributed by atoms with Gasteiger partial charge in [-0.05, 0) is 54.7 Å². The minimum absolute atomic E-state index is 0.0477. The van der Waals surface area contributed by atoms with Gasteiger partial charge in [0, 0.05) is 19.6 Å². The summed E-state index contributed by atoms with van der Waals surface area (Å²) >= 11 is 0. The van der Waals surface area contributed by atoms with Crippen molar-refractivity contribution in [1.82, 2.24) is 9.62 Å². The Balaban J connectivity index is 1.54. The zero-order valence-electron chi connectivity index (χ0n) is 17.8. The van der Waals surface area contributed by atoms with E-state index in [4.69, 9.17) is 5.73 Å². The van der Waals surface area contributed by atoms with Crippen molar-refractivity contribution >= 4 is 21.8 Å². The predicted octanol–water partition coefficient (Wildman–Crippen LogP) is 2.00. The number of primary amides is 1. The van der Waals surface area contributed by atoms with Crippen molar-refractivity contribution < 1.29 is 22.4 Å². The topological polar surface area (TPSA) is 110 Å². The third kappa shape index (κ3) is 6.37. The van der Waals surface area contributed by atoms with Gasteiger partial charge in [0.2, 0.25) is 21.8 Å². The number of benzene rings is 2. The molecule has 0 aromatic heterocycles. The van der Waals surface area contributed by atoms with E-state index in [0.29, 0.717) is 25.1 Å². The van der Waals surface area contributed by atoms with Gasteiger partial charge in [-0.25, -0.2) is 12.8 Å². The number of sulfonamides is 1. The van der Waals surface area contributed by atoms with Crippen molar-refractivity contribution in [2.75, 3.05) is 19.6 Å². The molecule has 2 amide bonds. The Hall–Kier alpha value is -2.78. The van der Waals surface area contributed by atoms with E-state index in [9.17, 15) is 22.4 Å². The first kappa shape index (κ1) is 23.9. The monoisotopic (exact) mass is 461 g/mol. The van der Waals surface area contributed by atoms with Gasteiger partial charge in [0.05, 0.1) is 17.2 Å². The van der Waals surface area contributed by atoms with E-state index in [1.807, 2.05) is 0 Å². The van der Waals surface area contributed by atoms with Crippen molar-refractivity contribution in [2.24, 2.45) is 11.7 Å². The average Bonchev–Trinajstić information content (AvgIpc) is 2.78. The number of halogens is 1. The van der Waals surface area contributed by atoms with Crippen molar-refractivity contribution in [3.8, 4) is 0 Å². The second kappa shape index (κ2) is 10.7. The standard InChI is InChI=1S/C23H28FN3O4S/c24-20-8-4-17(5-9-20)14-19(23(25)29)16-26-22(28)15-18-6-10-21(11-7-18)32(30,31)27-12-2-1-3-13-27/h4-11,19H,1-3,12-16H2,(H2,25,29)(H,26,28). The molecular weight excluding hydrogens is 433 g/mol. The minimum atomic E-state index is -3.51. The molecule has 172 valence electrons. The van der Waals surface area contributed by atoms with E-state index in [1.165, 1.54) is 28.6 Å². The highest BCUT2D eigenvalue weighted by Gasteiger charge is 2.25. The molecule has 2 aromatic carbocycles. The van der Waals surface area contributed by atoms with E-state index in [2.05, 4.69) is 5.32 Å². The fraction of sp³-hybridized carbons (Fsp3) is 0.391. The van der Waals surface area contributed by atoms with Crippen LogP contribution in [0.3, 0.4) is 0 Å². The molecule has 7 nitrogen and oxygen atoms in total. The summed E-state index contributed by atoms with van der Waals surface area (Å²) in [7, 11) is -3.51. The minimum Gasteiger partial charge on any atom is -0.369 e. The maximum Gasteiger partial charge on any atom is 0.243 e. The molecule has 1 atom stereocenters. The highest BCUT2D eigenvalue weighted by atomic mass is 32.2. The number of rotatable bonds is 9. The summed E-state index contributed by atoms with van der Waals surface area (Å²) in [6, 6.07) is 12.1. The third-order valence-corrected chi connectivity index (χ3v) is 7.50. The van der Waals surface area contributed by atoms with E-state index in [0.717, 1.165) is 24.8 Å². The fourth-order valence-corrected chi connectivity index (χ4v) is 5.21. The molecule has 3 N–H and O–H groups in total. The smallest absolute Gasteiger partial charge is 0.243 e. The molecule has 1 aliphatic heterocycles. The van der Waals surface area contributed by atoms with Crippen LogP contribution in [-0.4, -0.2) is 44.2 Å². The van der Waals surface area contributed by atoms with Gasteiger partial charge in [0.25, 0.3) is 0 Å². The quantitative estimate of drug-likeness (QED) is 0.595. The highest BCUT2D eigenvalue weighted by molar-refractivity contribution is 7.89. The van der Waals surface area contributed by atoms with Gasteiger partial charge >= 0.3 is 0 Å². The molecule has 0 radical (unpaired) electrons. The Kier molecular flexibility index (Phi) is 7.98. The lowest BCUT2D eigenvalue weighted by atomic mass is 9.98. The van der Waals surface area contributed by atoms with E-state index in [-0.39, 0.29) is 29.6 Å². The molecule has 0 bridgehead atoms. The van der Waals surface area contributed by atoms with Gasteiger partial charge in [-0.1, -0.05) is 30.7 Å². The molecular formula is C23H28FN3O4S. The molecule has 1 heterocycles. The summed E-state index contributed by atoms with van der Waals surface area (Å²) in [4.78, 5) is 24.3. The molecule has 32 heavy (non-hydrogen) atoms. The lowest BCUT2D eigenvalue weighted by Crippen LogP contribution is -2.37. The van der Waals surface area contributed by atoms with Crippen LogP contribution < -0.4 is 11.1 Å². The molecule has 3 rings (SSSR count). The summed E-state index contributed by atoms with van der Waals surface area (Å²) in [5.41, 5.74) is 6.85. The van der Waals surface area contributed by atoms with Crippen molar-refractivity contribution in [3.05, 3.63) is 65.5 Å². The molecule has 1 aliphatic rings. The van der Waals surface area contributed by atoms with Crippen LogP contribution in [0.15, 0.2) is 53.4 Å². The molecule has 0 saturated carbocycles. The van der Waals surface area contributed by atoms with Crippen LogP contribution in [-0.2, 0) is 32.5 Å².